The van der Waals surface area contributed by atoms with E-state index in [0.29, 0.717) is 6.42 Å². The van der Waals surface area contributed by atoms with Crippen molar-refractivity contribution >= 4 is 13.8 Å². The van der Waals surface area contributed by atoms with Gasteiger partial charge in [-0.1, -0.05) is 58.3 Å². The van der Waals surface area contributed by atoms with Crippen LogP contribution in [-0.2, 0) is 18.4 Å². The van der Waals surface area contributed by atoms with Gasteiger partial charge in [-0.15, -0.1) is 0 Å². The molecule has 0 aliphatic heterocycles. The first-order valence-corrected chi connectivity index (χ1v) is 11.7. The van der Waals surface area contributed by atoms with Gasteiger partial charge in [-0.3, -0.25) is 14.2 Å². The lowest BCUT2D eigenvalue weighted by atomic mass is 10.1. The molecule has 0 radical (unpaired) electrons. The molecule has 8 heteroatoms. The summed E-state index contributed by atoms with van der Waals surface area (Å²) in [6.45, 7) is 4.93. The van der Waals surface area contributed by atoms with Crippen molar-refractivity contribution in [3.05, 3.63) is 0 Å². The predicted octanol–water partition coefficient (Wildman–Crippen LogP) is 4.27. The van der Waals surface area contributed by atoms with Gasteiger partial charge in [0.15, 0.2) is 0 Å². The molecule has 0 amide bonds. The Kier molecular flexibility index (Phi) is 18.8. The normalized spacial score (nSPS) is 13.4. The molecule has 1 atom stereocenters. The number of carbonyl (C=O) groups excluding carboxylic acids is 1. The van der Waals surface area contributed by atoms with E-state index in [-0.39, 0.29) is 19.6 Å². The maximum Gasteiger partial charge on any atom is 0.529 e. The molecule has 0 saturated heterocycles. The molecule has 164 valence electrons. The third-order valence-electron chi connectivity index (χ3n) is 3.76. The number of unbranched alkanes of at least 4 members (excludes halogenated alkanes) is 8. The molecule has 0 aliphatic rings. The van der Waals surface area contributed by atoms with Crippen molar-refractivity contribution in [2.75, 3.05) is 40.9 Å². The van der Waals surface area contributed by atoms with E-state index >= 15 is 0 Å². The molecule has 27 heavy (non-hydrogen) atoms. The van der Waals surface area contributed by atoms with E-state index < -0.39 is 13.8 Å². The van der Waals surface area contributed by atoms with Crippen LogP contribution in [-0.4, -0.2) is 61.4 Å². The summed E-state index contributed by atoms with van der Waals surface area (Å²) < 4.78 is 20.9. The Morgan fingerprint density at radius 2 is 1.41 bits per heavy atom. The molecule has 0 rings (SSSR count). The number of hydrogen-bond acceptors (Lipinski definition) is 5. The van der Waals surface area contributed by atoms with Gasteiger partial charge in [0.2, 0.25) is 0 Å². The van der Waals surface area contributed by atoms with Crippen molar-refractivity contribution in [2.24, 2.45) is 0 Å². The van der Waals surface area contributed by atoms with E-state index in [9.17, 15) is 9.36 Å². The van der Waals surface area contributed by atoms with Crippen molar-refractivity contribution in [3.8, 4) is 0 Å². The predicted molar refractivity (Wildman–Crippen MR) is 109 cm³/mol. The summed E-state index contributed by atoms with van der Waals surface area (Å²) >= 11 is 0. The highest BCUT2D eigenvalue weighted by Gasteiger charge is 2.24. The minimum absolute atomic E-state index is 0.0408. The van der Waals surface area contributed by atoms with E-state index in [1.54, 1.807) is 6.92 Å². The highest BCUT2D eigenvalue weighted by atomic mass is 31.2. The second kappa shape index (κ2) is 17.6. The molecular formula is C19H43NO6P+. The van der Waals surface area contributed by atoms with E-state index in [1.807, 2.05) is 0 Å². The largest absolute Gasteiger partial charge is 0.529 e. The van der Waals surface area contributed by atoms with Crippen molar-refractivity contribution in [2.45, 2.75) is 78.1 Å². The van der Waals surface area contributed by atoms with Crippen molar-refractivity contribution in [1.82, 2.24) is 0 Å². The molecule has 0 aromatic heterocycles. The molecule has 0 spiro atoms. The van der Waals surface area contributed by atoms with E-state index in [1.165, 1.54) is 38.5 Å². The first-order chi connectivity index (χ1) is 12.6. The van der Waals surface area contributed by atoms with E-state index in [4.69, 9.17) is 10.00 Å². The number of nitrogens with zero attached hydrogens (tertiary/aromatic N) is 1. The Bertz CT molecular complexity index is 398. The minimum Gasteiger partial charge on any atom is -0.391 e. The zero-order valence-electron chi connectivity index (χ0n) is 18.1. The topological polar surface area (TPSA) is 93.1 Å². The van der Waals surface area contributed by atoms with Gasteiger partial charge >= 0.3 is 13.8 Å². The van der Waals surface area contributed by atoms with E-state index in [2.05, 4.69) is 37.1 Å². The molecule has 0 fully saturated rings. The summed E-state index contributed by atoms with van der Waals surface area (Å²) in [6, 6.07) is 0. The molecule has 1 unspecified atom stereocenters. The Morgan fingerprint density at radius 1 is 0.926 bits per heavy atom. The van der Waals surface area contributed by atoms with Crippen molar-refractivity contribution in [3.63, 3.8) is 0 Å². The Hall–Kier alpha value is -0.460. The molecule has 0 aromatic carbocycles. The van der Waals surface area contributed by atoms with Crippen LogP contribution in [0.5, 0.6) is 0 Å². The van der Waals surface area contributed by atoms with Crippen LogP contribution in [0.25, 0.3) is 0 Å². The standard InChI is InChI=1S/C14H29O5P.C5H14NO/c1-3-5-6-7-8-9-10-11-12-13-14(15)19-20(16,17)18-4-2;1-6(2,3)4-5-7/h3-13H2,1-2H3,(H,16,17);7H,4-5H2,1-3H3/q;+1. The van der Waals surface area contributed by atoms with Gasteiger partial charge in [0.05, 0.1) is 34.4 Å². The zero-order chi connectivity index (χ0) is 21.2. The lowest BCUT2D eigenvalue weighted by Crippen LogP contribution is -2.36. The fourth-order valence-electron chi connectivity index (χ4n) is 2.24. The highest BCUT2D eigenvalue weighted by Crippen LogP contribution is 2.43. The third-order valence-corrected chi connectivity index (χ3v) is 4.78. The average molecular weight is 413 g/mol. The number of carbonyl (C=O) groups is 1. The van der Waals surface area contributed by atoms with Crippen LogP contribution in [0.1, 0.15) is 78.1 Å². The summed E-state index contributed by atoms with van der Waals surface area (Å²) in [5, 5.41) is 8.39. The van der Waals surface area contributed by atoms with E-state index in [0.717, 1.165) is 23.9 Å². The molecule has 0 saturated carbocycles. The number of aliphatic hydroxyl groups is 1. The second-order valence-corrected chi connectivity index (χ2v) is 9.04. The molecule has 2 N–H and O–H groups in total. The van der Waals surface area contributed by atoms with Crippen molar-refractivity contribution in [1.29, 1.82) is 0 Å². The van der Waals surface area contributed by atoms with Crippen LogP contribution in [0.4, 0.5) is 0 Å². The summed E-state index contributed by atoms with van der Waals surface area (Å²) in [4.78, 5) is 20.4. The quantitative estimate of drug-likeness (QED) is 0.237. The summed E-state index contributed by atoms with van der Waals surface area (Å²) in [7, 11) is 1.98. The minimum atomic E-state index is -4.18. The fourth-order valence-corrected chi connectivity index (χ4v) is 2.97. The van der Waals surface area contributed by atoms with Gasteiger partial charge < -0.3 is 14.1 Å². The fraction of sp³-hybridized carbons (Fsp3) is 0.947. The zero-order valence-corrected chi connectivity index (χ0v) is 19.0. The third kappa shape index (κ3) is 25.5. The molecule has 0 aliphatic carbocycles. The highest BCUT2D eigenvalue weighted by molar-refractivity contribution is 7.48. The van der Waals surface area contributed by atoms with Crippen LogP contribution in [0.2, 0.25) is 0 Å². The number of quaternary nitrogens is 1. The number of rotatable bonds is 15. The Balaban J connectivity index is 0. The van der Waals surface area contributed by atoms with Gasteiger partial charge in [0, 0.05) is 6.42 Å². The van der Waals surface area contributed by atoms with Crippen LogP contribution in [0.3, 0.4) is 0 Å². The van der Waals surface area contributed by atoms with Crippen LogP contribution in [0.15, 0.2) is 0 Å². The van der Waals surface area contributed by atoms with Gasteiger partial charge in [0.25, 0.3) is 0 Å². The Morgan fingerprint density at radius 3 is 1.78 bits per heavy atom. The number of aliphatic hydroxyl groups excluding tert-OH is 1. The summed E-state index contributed by atoms with van der Waals surface area (Å²) in [6.07, 6.45) is 10.5. The maximum absolute atomic E-state index is 11.3. The maximum atomic E-state index is 11.3. The number of phosphoric acid groups is 1. The molecule has 0 aromatic rings. The number of phosphoric ester groups is 1. The SMILES string of the molecule is CCCCCCCCCCCC(=O)OP(=O)(O)OCC.C[N+](C)(C)CCO. The molecule has 7 nitrogen and oxygen atoms in total. The lowest BCUT2D eigenvalue weighted by molar-refractivity contribution is -0.870. The summed E-state index contributed by atoms with van der Waals surface area (Å²) in [5.41, 5.74) is 0. The van der Waals surface area contributed by atoms with Gasteiger partial charge in [-0.25, -0.2) is 4.57 Å². The van der Waals surface area contributed by atoms with Gasteiger partial charge in [-0.05, 0) is 13.3 Å². The van der Waals surface area contributed by atoms with Crippen molar-refractivity contribution < 1.29 is 32.9 Å². The van der Waals surface area contributed by atoms with Gasteiger partial charge in [0.1, 0.15) is 6.54 Å². The van der Waals surface area contributed by atoms with Crippen LogP contribution >= 0.6 is 7.82 Å². The molecular weight excluding hydrogens is 369 g/mol. The molecule has 0 bridgehead atoms. The van der Waals surface area contributed by atoms with Crippen LogP contribution < -0.4 is 0 Å². The first kappa shape index (κ1) is 28.7. The van der Waals surface area contributed by atoms with Crippen LogP contribution in [0, 0.1) is 0 Å². The molecule has 0 heterocycles. The summed E-state index contributed by atoms with van der Waals surface area (Å²) in [5.74, 6) is -0.660. The number of hydrogen-bond donors (Lipinski definition) is 2. The number of likely N-dealkylation sites (N-methyl/N-ethyl adjacent to an activating group) is 1. The lowest BCUT2D eigenvalue weighted by Gasteiger charge is -2.21. The van der Waals surface area contributed by atoms with Gasteiger partial charge in [-0.2, -0.15) is 0 Å². The second-order valence-electron chi connectivity index (χ2n) is 7.67. The smallest absolute Gasteiger partial charge is 0.391 e. The average Bonchev–Trinajstić information content (AvgIpc) is 2.52. The monoisotopic (exact) mass is 412 g/mol. The Labute approximate surface area is 166 Å². The first-order valence-electron chi connectivity index (χ1n) is 10.2.